The third-order valence-electron chi connectivity index (χ3n) is 4.15. The highest BCUT2D eigenvalue weighted by atomic mass is 35.5. The normalized spacial score (nSPS) is 24.2. The molecule has 3 unspecified atom stereocenters. The Morgan fingerprint density at radius 2 is 1.83 bits per heavy atom. The summed E-state index contributed by atoms with van der Waals surface area (Å²) in [4.78, 5) is 0. The van der Waals surface area contributed by atoms with Crippen LogP contribution in [0.5, 0.6) is 0 Å². The number of fused-ring (bicyclic) bond motifs is 1. The van der Waals surface area contributed by atoms with E-state index in [-0.39, 0.29) is 0 Å². The molecule has 3 atom stereocenters. The molecule has 0 radical (unpaired) electrons. The zero-order chi connectivity index (χ0) is 12.7. The highest BCUT2D eigenvalue weighted by molar-refractivity contribution is 6.35. The molecule has 1 nitrogen and oxygen atoms in total. The molecule has 1 fully saturated rings. The van der Waals surface area contributed by atoms with E-state index in [0.29, 0.717) is 6.04 Å². The van der Waals surface area contributed by atoms with Crippen LogP contribution in [-0.4, -0.2) is 7.05 Å². The first-order chi connectivity index (χ1) is 8.72. The van der Waals surface area contributed by atoms with Crippen molar-refractivity contribution >= 4 is 22.4 Å². The molecule has 1 N–H and O–H groups in total. The van der Waals surface area contributed by atoms with Crippen LogP contribution in [0.4, 0.5) is 0 Å². The zero-order valence-corrected chi connectivity index (χ0v) is 11.5. The summed E-state index contributed by atoms with van der Waals surface area (Å²) < 4.78 is 0. The molecule has 0 bridgehead atoms. The van der Waals surface area contributed by atoms with Crippen LogP contribution in [0, 0.1) is 11.8 Å². The summed E-state index contributed by atoms with van der Waals surface area (Å²) >= 11 is 6.28. The van der Waals surface area contributed by atoms with Gasteiger partial charge in [0.25, 0.3) is 0 Å². The van der Waals surface area contributed by atoms with Gasteiger partial charge in [-0.3, -0.25) is 0 Å². The lowest BCUT2D eigenvalue weighted by molar-refractivity contribution is 0.507. The molecule has 1 saturated carbocycles. The fourth-order valence-electron chi connectivity index (χ4n) is 2.97. The third-order valence-corrected chi connectivity index (χ3v) is 4.48. The fraction of sp³-hybridized carbons (Fsp3) is 0.375. The lowest BCUT2D eigenvalue weighted by Gasteiger charge is -2.19. The van der Waals surface area contributed by atoms with Crippen molar-refractivity contribution in [1.29, 1.82) is 0 Å². The molecule has 1 aliphatic rings. The molecule has 0 saturated heterocycles. The summed E-state index contributed by atoms with van der Waals surface area (Å²) in [5.74, 6) is 1.59. The van der Waals surface area contributed by atoms with Gasteiger partial charge in [0, 0.05) is 16.5 Å². The van der Waals surface area contributed by atoms with Crippen LogP contribution in [0.15, 0.2) is 36.4 Å². The Balaban J connectivity index is 2.14. The SMILES string of the molecule is CNC(c1ccc(Cl)c2ccccc12)C1CC1C. The van der Waals surface area contributed by atoms with Gasteiger partial charge in [0.05, 0.1) is 0 Å². The van der Waals surface area contributed by atoms with Crippen molar-refractivity contribution in [2.45, 2.75) is 19.4 Å². The fourth-order valence-corrected chi connectivity index (χ4v) is 3.20. The van der Waals surface area contributed by atoms with Crippen molar-refractivity contribution in [2.75, 3.05) is 7.05 Å². The maximum atomic E-state index is 6.28. The quantitative estimate of drug-likeness (QED) is 0.861. The van der Waals surface area contributed by atoms with Crippen LogP contribution in [0.1, 0.15) is 24.9 Å². The highest BCUT2D eigenvalue weighted by Gasteiger charge is 2.39. The van der Waals surface area contributed by atoms with Gasteiger partial charge < -0.3 is 5.32 Å². The molecule has 0 heterocycles. The minimum Gasteiger partial charge on any atom is -0.313 e. The number of halogens is 1. The van der Waals surface area contributed by atoms with Gasteiger partial charge in [0.15, 0.2) is 0 Å². The monoisotopic (exact) mass is 259 g/mol. The van der Waals surface area contributed by atoms with Gasteiger partial charge in [-0.25, -0.2) is 0 Å². The number of benzene rings is 2. The molecule has 2 aromatic carbocycles. The predicted molar refractivity (Wildman–Crippen MR) is 78.0 cm³/mol. The number of hydrogen-bond acceptors (Lipinski definition) is 1. The second-order valence-corrected chi connectivity index (χ2v) is 5.73. The van der Waals surface area contributed by atoms with E-state index in [0.717, 1.165) is 22.2 Å². The van der Waals surface area contributed by atoms with Gasteiger partial charge in [-0.1, -0.05) is 48.9 Å². The van der Waals surface area contributed by atoms with E-state index >= 15 is 0 Å². The van der Waals surface area contributed by atoms with Gasteiger partial charge in [-0.2, -0.15) is 0 Å². The van der Waals surface area contributed by atoms with E-state index in [9.17, 15) is 0 Å². The zero-order valence-electron chi connectivity index (χ0n) is 10.8. The van der Waals surface area contributed by atoms with Crippen LogP contribution >= 0.6 is 11.6 Å². The van der Waals surface area contributed by atoms with E-state index in [4.69, 9.17) is 11.6 Å². The average molecular weight is 260 g/mol. The van der Waals surface area contributed by atoms with Crippen molar-refractivity contribution in [3.05, 3.63) is 47.0 Å². The molecule has 2 aromatic rings. The van der Waals surface area contributed by atoms with Crippen molar-refractivity contribution in [3.8, 4) is 0 Å². The second kappa shape index (κ2) is 4.56. The molecule has 0 spiro atoms. The molecule has 3 rings (SSSR count). The summed E-state index contributed by atoms with van der Waals surface area (Å²) in [6, 6.07) is 13.1. The topological polar surface area (TPSA) is 12.0 Å². The third kappa shape index (κ3) is 1.92. The van der Waals surface area contributed by atoms with Gasteiger partial charge in [0.2, 0.25) is 0 Å². The summed E-state index contributed by atoms with van der Waals surface area (Å²) in [5.41, 5.74) is 1.38. The van der Waals surface area contributed by atoms with E-state index in [2.05, 4.69) is 43.6 Å². The van der Waals surface area contributed by atoms with Crippen LogP contribution in [0.25, 0.3) is 10.8 Å². The summed E-state index contributed by atoms with van der Waals surface area (Å²) in [6.45, 7) is 2.33. The molecular formula is C16H18ClN. The van der Waals surface area contributed by atoms with Crippen LogP contribution < -0.4 is 5.32 Å². The maximum absolute atomic E-state index is 6.28. The second-order valence-electron chi connectivity index (χ2n) is 5.33. The molecule has 18 heavy (non-hydrogen) atoms. The summed E-state index contributed by atoms with van der Waals surface area (Å²) in [6.07, 6.45) is 1.32. The smallest absolute Gasteiger partial charge is 0.0484 e. The van der Waals surface area contributed by atoms with E-state index in [1.165, 1.54) is 17.4 Å². The highest BCUT2D eigenvalue weighted by Crippen LogP contribution is 2.48. The Hall–Kier alpha value is -1.05. The number of hydrogen-bond donors (Lipinski definition) is 1. The predicted octanol–water partition coefficient (Wildman–Crippen LogP) is 4.41. The van der Waals surface area contributed by atoms with E-state index in [1.54, 1.807) is 0 Å². The van der Waals surface area contributed by atoms with Gasteiger partial charge in [-0.05, 0) is 42.3 Å². The maximum Gasteiger partial charge on any atom is 0.0484 e. The lowest BCUT2D eigenvalue weighted by atomic mass is 9.95. The molecule has 0 amide bonds. The van der Waals surface area contributed by atoms with Crippen LogP contribution in [-0.2, 0) is 0 Å². The molecule has 94 valence electrons. The number of nitrogens with one attached hydrogen (secondary N) is 1. The van der Waals surface area contributed by atoms with E-state index in [1.807, 2.05) is 12.1 Å². The first-order valence-electron chi connectivity index (χ1n) is 6.56. The summed E-state index contributed by atoms with van der Waals surface area (Å²) in [5, 5.41) is 6.76. The van der Waals surface area contributed by atoms with Crippen LogP contribution in [0.2, 0.25) is 5.02 Å². The molecule has 0 aromatic heterocycles. The summed E-state index contributed by atoms with van der Waals surface area (Å²) in [7, 11) is 2.05. The molecule has 0 aliphatic heterocycles. The minimum absolute atomic E-state index is 0.446. The number of rotatable bonds is 3. The van der Waals surface area contributed by atoms with Crippen molar-refractivity contribution < 1.29 is 0 Å². The minimum atomic E-state index is 0.446. The molecular weight excluding hydrogens is 242 g/mol. The van der Waals surface area contributed by atoms with Crippen molar-refractivity contribution in [2.24, 2.45) is 11.8 Å². The Kier molecular flexibility index (Phi) is 3.04. The van der Waals surface area contributed by atoms with Crippen molar-refractivity contribution in [1.82, 2.24) is 5.32 Å². The Morgan fingerprint density at radius 1 is 1.17 bits per heavy atom. The largest absolute Gasteiger partial charge is 0.313 e. The van der Waals surface area contributed by atoms with Gasteiger partial charge in [0.1, 0.15) is 0 Å². The Bertz CT molecular complexity index is 578. The first kappa shape index (κ1) is 12.0. The Morgan fingerprint density at radius 3 is 2.44 bits per heavy atom. The van der Waals surface area contributed by atoms with Gasteiger partial charge >= 0.3 is 0 Å². The van der Waals surface area contributed by atoms with E-state index < -0.39 is 0 Å². The lowest BCUT2D eigenvalue weighted by Crippen LogP contribution is -2.19. The standard InChI is InChI=1S/C16H18ClN/c1-10-9-14(10)16(18-2)13-7-8-15(17)12-6-4-3-5-11(12)13/h3-8,10,14,16,18H,9H2,1-2H3. The van der Waals surface area contributed by atoms with Gasteiger partial charge in [-0.15, -0.1) is 0 Å². The van der Waals surface area contributed by atoms with Crippen molar-refractivity contribution in [3.63, 3.8) is 0 Å². The Labute approximate surface area is 113 Å². The first-order valence-corrected chi connectivity index (χ1v) is 6.94. The molecule has 2 heteroatoms. The van der Waals surface area contributed by atoms with Crippen LogP contribution in [0.3, 0.4) is 0 Å². The molecule has 1 aliphatic carbocycles. The average Bonchev–Trinajstić information content (AvgIpc) is 3.10.